The number of ether oxygens (including phenoxy) is 1. The number of nitrogens with zero attached hydrogens (tertiary/aromatic N) is 2. The van der Waals surface area contributed by atoms with Crippen molar-refractivity contribution in [2.45, 2.75) is 11.8 Å². The number of fused-ring (bicyclic) bond motifs is 1. The van der Waals surface area contributed by atoms with E-state index in [9.17, 15) is 4.79 Å². The highest BCUT2D eigenvalue weighted by Crippen LogP contribution is 2.37. The molecule has 0 saturated heterocycles. The second-order valence-corrected chi connectivity index (χ2v) is 8.45. The SMILES string of the molecule is C=C.C=C/C(=C\C)CSc1ccc2c(c1)OCCN2C(=O)c1ccccc1N(C)SC. The van der Waals surface area contributed by atoms with E-state index in [1.54, 1.807) is 23.7 Å². The number of hydrogen-bond acceptors (Lipinski definition) is 5. The first-order valence-corrected chi connectivity index (χ1v) is 12.1. The van der Waals surface area contributed by atoms with Crippen molar-refractivity contribution in [3.8, 4) is 5.75 Å². The fraction of sp³-hybridized carbons (Fsp3) is 0.240. The zero-order chi connectivity index (χ0) is 22.8. The minimum atomic E-state index is -0.00527. The van der Waals surface area contributed by atoms with E-state index in [0.717, 1.165) is 27.8 Å². The summed E-state index contributed by atoms with van der Waals surface area (Å²) in [6.45, 7) is 12.9. The summed E-state index contributed by atoms with van der Waals surface area (Å²) < 4.78 is 7.89. The summed E-state index contributed by atoms with van der Waals surface area (Å²) in [5, 5.41) is 0. The largest absolute Gasteiger partial charge is 0.489 e. The summed E-state index contributed by atoms with van der Waals surface area (Å²) >= 11 is 3.31. The quantitative estimate of drug-likeness (QED) is 0.207. The number of para-hydroxylation sites is 1. The molecule has 0 saturated carbocycles. The Labute approximate surface area is 194 Å². The molecule has 0 radical (unpaired) electrons. The zero-order valence-electron chi connectivity index (χ0n) is 18.5. The van der Waals surface area contributed by atoms with Crippen LogP contribution in [-0.2, 0) is 0 Å². The number of rotatable bonds is 7. The Hall–Kier alpha value is -2.57. The molecule has 164 valence electrons. The maximum atomic E-state index is 13.4. The van der Waals surface area contributed by atoms with E-state index in [1.165, 1.54) is 5.57 Å². The lowest BCUT2D eigenvalue weighted by Crippen LogP contribution is -2.38. The smallest absolute Gasteiger partial charge is 0.260 e. The molecule has 0 unspecified atom stereocenters. The van der Waals surface area contributed by atoms with Gasteiger partial charge < -0.3 is 13.9 Å². The third kappa shape index (κ3) is 5.99. The van der Waals surface area contributed by atoms with Crippen molar-refractivity contribution in [3.05, 3.63) is 85.5 Å². The average molecular weight is 455 g/mol. The summed E-state index contributed by atoms with van der Waals surface area (Å²) in [7, 11) is 1.97. The third-order valence-electron chi connectivity index (χ3n) is 4.83. The first kappa shape index (κ1) is 24.7. The number of hydrogen-bond donors (Lipinski definition) is 0. The number of carbonyl (C=O) groups excluding carboxylic acids is 1. The summed E-state index contributed by atoms with van der Waals surface area (Å²) in [6, 6.07) is 13.8. The molecular weight excluding hydrogens is 424 g/mol. The second-order valence-electron chi connectivity index (χ2n) is 6.49. The van der Waals surface area contributed by atoms with Crippen LogP contribution in [0.1, 0.15) is 17.3 Å². The van der Waals surface area contributed by atoms with Crippen molar-refractivity contribution in [3.63, 3.8) is 0 Å². The second kappa shape index (κ2) is 12.3. The Kier molecular flexibility index (Phi) is 9.82. The molecule has 0 bridgehead atoms. The lowest BCUT2D eigenvalue weighted by molar-refractivity contribution is 0.0977. The summed E-state index contributed by atoms with van der Waals surface area (Å²) in [5.74, 6) is 1.61. The van der Waals surface area contributed by atoms with Gasteiger partial charge in [0.15, 0.2) is 0 Å². The Morgan fingerprint density at radius 2 is 2.00 bits per heavy atom. The molecule has 4 nitrogen and oxygen atoms in total. The zero-order valence-corrected chi connectivity index (χ0v) is 20.1. The molecule has 1 amide bonds. The van der Waals surface area contributed by atoms with E-state index in [0.29, 0.717) is 18.7 Å². The molecule has 2 aromatic rings. The van der Waals surface area contributed by atoms with Crippen LogP contribution in [0, 0.1) is 0 Å². The van der Waals surface area contributed by atoms with Gasteiger partial charge in [-0.2, -0.15) is 0 Å². The van der Waals surface area contributed by atoms with E-state index in [1.807, 2.05) is 71.9 Å². The fourth-order valence-corrected chi connectivity index (χ4v) is 4.43. The standard InChI is InChI=1S/C23H26N2O2S2.C2H4/c1-5-17(6-2)16-29-18-11-12-21-22(15-18)27-14-13-25(21)23(26)19-9-7-8-10-20(19)24(3)28-4;1-2/h5-12,15H,1,13-14,16H2,2-4H3;1-2H2/b17-6+;. The van der Waals surface area contributed by atoms with Crippen LogP contribution in [0.2, 0.25) is 0 Å². The number of allylic oxidation sites excluding steroid dienone is 2. The van der Waals surface area contributed by atoms with Crippen LogP contribution < -0.4 is 13.9 Å². The summed E-state index contributed by atoms with van der Waals surface area (Å²) in [4.78, 5) is 16.3. The topological polar surface area (TPSA) is 32.8 Å². The van der Waals surface area contributed by atoms with Gasteiger partial charge in [-0.25, -0.2) is 0 Å². The predicted molar refractivity (Wildman–Crippen MR) is 138 cm³/mol. The third-order valence-corrected chi connectivity index (χ3v) is 6.64. The molecule has 1 aliphatic rings. The van der Waals surface area contributed by atoms with Gasteiger partial charge in [-0.3, -0.25) is 4.79 Å². The predicted octanol–water partition coefficient (Wildman–Crippen LogP) is 6.47. The van der Waals surface area contributed by atoms with E-state index in [2.05, 4.69) is 31.9 Å². The first-order chi connectivity index (χ1) is 15.1. The van der Waals surface area contributed by atoms with Gasteiger partial charge in [0.25, 0.3) is 5.91 Å². The van der Waals surface area contributed by atoms with Gasteiger partial charge in [-0.15, -0.1) is 24.9 Å². The molecule has 1 aliphatic heterocycles. The van der Waals surface area contributed by atoms with Gasteiger partial charge in [0.05, 0.1) is 23.5 Å². The Morgan fingerprint density at radius 1 is 1.26 bits per heavy atom. The Bertz CT molecular complexity index is 943. The van der Waals surface area contributed by atoms with Crippen LogP contribution in [0.25, 0.3) is 0 Å². The minimum absolute atomic E-state index is 0.00527. The van der Waals surface area contributed by atoms with Crippen LogP contribution in [0.5, 0.6) is 5.75 Å². The van der Waals surface area contributed by atoms with Gasteiger partial charge in [0.1, 0.15) is 12.4 Å². The fourth-order valence-electron chi connectivity index (χ4n) is 3.10. The van der Waals surface area contributed by atoms with Gasteiger partial charge in [0, 0.05) is 24.0 Å². The molecule has 3 rings (SSSR count). The average Bonchev–Trinajstić information content (AvgIpc) is 2.84. The van der Waals surface area contributed by atoms with Gasteiger partial charge in [0.2, 0.25) is 0 Å². The molecule has 0 spiro atoms. The molecule has 0 fully saturated rings. The number of carbonyl (C=O) groups is 1. The number of benzene rings is 2. The molecule has 6 heteroatoms. The van der Waals surface area contributed by atoms with Crippen molar-refractivity contribution in [2.75, 3.05) is 41.4 Å². The van der Waals surface area contributed by atoms with Crippen molar-refractivity contribution in [1.82, 2.24) is 0 Å². The van der Waals surface area contributed by atoms with Crippen LogP contribution >= 0.6 is 23.7 Å². The monoisotopic (exact) mass is 454 g/mol. The molecule has 0 N–H and O–H groups in total. The molecule has 31 heavy (non-hydrogen) atoms. The van der Waals surface area contributed by atoms with Crippen molar-refractivity contribution in [1.29, 1.82) is 0 Å². The number of thioether (sulfide) groups is 1. The van der Waals surface area contributed by atoms with Crippen molar-refractivity contribution >= 4 is 41.0 Å². The van der Waals surface area contributed by atoms with Crippen LogP contribution in [0.4, 0.5) is 11.4 Å². The van der Waals surface area contributed by atoms with Crippen LogP contribution in [-0.4, -0.2) is 38.1 Å². The maximum Gasteiger partial charge on any atom is 0.260 e. The molecular formula is C25H30N2O2S2. The van der Waals surface area contributed by atoms with Gasteiger partial charge in [-0.05, 0) is 42.8 Å². The molecule has 2 aromatic carbocycles. The van der Waals surface area contributed by atoms with Gasteiger partial charge >= 0.3 is 0 Å². The summed E-state index contributed by atoms with van der Waals surface area (Å²) in [5.41, 5.74) is 3.62. The van der Waals surface area contributed by atoms with Crippen LogP contribution in [0.15, 0.2) is 84.8 Å². The highest BCUT2D eigenvalue weighted by molar-refractivity contribution is 8.00. The Morgan fingerprint density at radius 3 is 2.68 bits per heavy atom. The van der Waals surface area contributed by atoms with E-state index < -0.39 is 0 Å². The first-order valence-electron chi connectivity index (χ1n) is 9.95. The molecule has 0 aliphatic carbocycles. The van der Waals surface area contributed by atoms with E-state index in [4.69, 9.17) is 4.74 Å². The summed E-state index contributed by atoms with van der Waals surface area (Å²) in [6.07, 6.45) is 5.94. The maximum absolute atomic E-state index is 13.4. The molecule has 1 heterocycles. The van der Waals surface area contributed by atoms with E-state index in [-0.39, 0.29) is 5.91 Å². The van der Waals surface area contributed by atoms with E-state index >= 15 is 0 Å². The highest BCUT2D eigenvalue weighted by Gasteiger charge is 2.27. The Balaban J connectivity index is 0.00000166. The highest BCUT2D eigenvalue weighted by atomic mass is 32.2. The number of amides is 1. The van der Waals surface area contributed by atoms with Crippen molar-refractivity contribution in [2.24, 2.45) is 0 Å². The minimum Gasteiger partial charge on any atom is -0.489 e. The van der Waals surface area contributed by atoms with Crippen LogP contribution in [0.3, 0.4) is 0 Å². The number of anilines is 2. The molecule has 0 atom stereocenters. The molecule has 0 aromatic heterocycles. The van der Waals surface area contributed by atoms with Gasteiger partial charge in [-0.1, -0.05) is 42.8 Å². The van der Waals surface area contributed by atoms with Crippen molar-refractivity contribution < 1.29 is 9.53 Å². The lowest BCUT2D eigenvalue weighted by Gasteiger charge is -2.31. The normalized spacial score (nSPS) is 12.7. The lowest BCUT2D eigenvalue weighted by atomic mass is 10.1.